The highest BCUT2D eigenvalue weighted by atomic mass is 16.5. The van der Waals surface area contributed by atoms with Gasteiger partial charge in [0.05, 0.1) is 19.1 Å². The minimum atomic E-state index is -0.121. The number of rotatable bonds is 4. The number of esters is 1. The molecule has 1 unspecified atom stereocenters. The zero-order valence-corrected chi connectivity index (χ0v) is 11.6. The van der Waals surface area contributed by atoms with Gasteiger partial charge in [-0.05, 0) is 32.7 Å². The van der Waals surface area contributed by atoms with Gasteiger partial charge in [-0.15, -0.1) is 0 Å². The molecule has 18 heavy (non-hydrogen) atoms. The van der Waals surface area contributed by atoms with Gasteiger partial charge in [-0.2, -0.15) is 0 Å². The molecule has 104 valence electrons. The first kappa shape index (κ1) is 13.8. The Morgan fingerprint density at radius 1 is 1.44 bits per heavy atom. The van der Waals surface area contributed by atoms with Crippen LogP contribution in [0.5, 0.6) is 0 Å². The molecular formula is C14H25NO3. The highest BCUT2D eigenvalue weighted by Crippen LogP contribution is 2.40. The van der Waals surface area contributed by atoms with Crippen molar-refractivity contribution < 1.29 is 14.3 Å². The third-order valence-corrected chi connectivity index (χ3v) is 4.50. The number of hydrogen-bond acceptors (Lipinski definition) is 4. The molecule has 2 fully saturated rings. The lowest BCUT2D eigenvalue weighted by Gasteiger charge is -2.41. The molecule has 0 aromatic rings. The SMILES string of the molecule is COC(=O)CCN(C)C1CCOC2(CCCC2)C1. The van der Waals surface area contributed by atoms with Crippen molar-refractivity contribution in [3.05, 3.63) is 0 Å². The van der Waals surface area contributed by atoms with E-state index in [1.54, 1.807) is 0 Å². The van der Waals surface area contributed by atoms with Gasteiger partial charge in [0.1, 0.15) is 0 Å². The van der Waals surface area contributed by atoms with E-state index in [-0.39, 0.29) is 11.6 Å². The maximum atomic E-state index is 11.2. The molecule has 4 heteroatoms. The van der Waals surface area contributed by atoms with Crippen molar-refractivity contribution in [2.75, 3.05) is 27.3 Å². The van der Waals surface area contributed by atoms with Crippen molar-refractivity contribution in [2.45, 2.75) is 56.6 Å². The van der Waals surface area contributed by atoms with Crippen molar-refractivity contribution in [3.63, 3.8) is 0 Å². The average molecular weight is 255 g/mol. The summed E-state index contributed by atoms with van der Waals surface area (Å²) in [5.41, 5.74) is 0.155. The van der Waals surface area contributed by atoms with Crippen LogP contribution in [0.4, 0.5) is 0 Å². The second-order valence-electron chi connectivity index (χ2n) is 5.69. The Morgan fingerprint density at radius 3 is 2.83 bits per heavy atom. The summed E-state index contributed by atoms with van der Waals surface area (Å²) in [6.45, 7) is 1.65. The van der Waals surface area contributed by atoms with E-state index < -0.39 is 0 Å². The fourth-order valence-electron chi connectivity index (χ4n) is 3.30. The highest BCUT2D eigenvalue weighted by molar-refractivity contribution is 5.69. The smallest absolute Gasteiger partial charge is 0.306 e. The minimum absolute atomic E-state index is 0.121. The molecule has 0 N–H and O–H groups in total. The number of methoxy groups -OCH3 is 1. The Morgan fingerprint density at radius 2 is 2.17 bits per heavy atom. The Labute approximate surface area is 110 Å². The van der Waals surface area contributed by atoms with Crippen LogP contribution in [0.2, 0.25) is 0 Å². The quantitative estimate of drug-likeness (QED) is 0.720. The number of hydrogen-bond donors (Lipinski definition) is 0. The second-order valence-corrected chi connectivity index (χ2v) is 5.69. The van der Waals surface area contributed by atoms with Crippen molar-refractivity contribution in [2.24, 2.45) is 0 Å². The van der Waals surface area contributed by atoms with Crippen LogP contribution < -0.4 is 0 Å². The van der Waals surface area contributed by atoms with Crippen LogP contribution >= 0.6 is 0 Å². The highest BCUT2D eigenvalue weighted by Gasteiger charge is 2.40. The molecule has 1 atom stereocenters. The lowest BCUT2D eigenvalue weighted by Crippen LogP contribution is -2.46. The van der Waals surface area contributed by atoms with Crippen molar-refractivity contribution in [1.82, 2.24) is 4.90 Å². The predicted molar refractivity (Wildman–Crippen MR) is 69.4 cm³/mol. The van der Waals surface area contributed by atoms with Crippen LogP contribution in [0.3, 0.4) is 0 Å². The fourth-order valence-corrected chi connectivity index (χ4v) is 3.30. The van der Waals surface area contributed by atoms with Gasteiger partial charge in [0.15, 0.2) is 0 Å². The molecule has 0 aromatic carbocycles. The van der Waals surface area contributed by atoms with Gasteiger partial charge >= 0.3 is 5.97 Å². The average Bonchev–Trinajstić information content (AvgIpc) is 2.83. The summed E-state index contributed by atoms with van der Waals surface area (Å²) in [6.07, 6.45) is 7.74. The Bertz CT molecular complexity index is 287. The van der Waals surface area contributed by atoms with Gasteiger partial charge in [0.2, 0.25) is 0 Å². The van der Waals surface area contributed by atoms with Gasteiger partial charge in [0, 0.05) is 19.2 Å². The minimum Gasteiger partial charge on any atom is -0.469 e. The maximum absolute atomic E-state index is 11.2. The zero-order chi connectivity index (χ0) is 13.0. The normalized spacial score (nSPS) is 26.7. The number of ether oxygens (including phenoxy) is 2. The molecule has 1 heterocycles. The zero-order valence-electron chi connectivity index (χ0n) is 11.6. The van der Waals surface area contributed by atoms with Gasteiger partial charge in [-0.25, -0.2) is 0 Å². The number of carbonyl (C=O) groups excluding carboxylic acids is 1. The molecule has 1 saturated heterocycles. The summed E-state index contributed by atoms with van der Waals surface area (Å²) in [4.78, 5) is 13.5. The second kappa shape index (κ2) is 6.02. The summed E-state index contributed by atoms with van der Waals surface area (Å²) < 4.78 is 10.7. The summed E-state index contributed by atoms with van der Waals surface area (Å²) in [5.74, 6) is -0.121. The lowest BCUT2D eigenvalue weighted by atomic mass is 9.88. The van der Waals surface area contributed by atoms with Crippen LogP contribution in [0.25, 0.3) is 0 Å². The van der Waals surface area contributed by atoms with Crippen LogP contribution in [0.15, 0.2) is 0 Å². The fraction of sp³-hybridized carbons (Fsp3) is 0.929. The molecule has 0 aromatic heterocycles. The Balaban J connectivity index is 1.82. The standard InChI is InChI=1S/C14H25NO3/c1-15(9-5-13(16)17-2)12-6-10-18-14(11-12)7-3-4-8-14/h12H,3-11H2,1-2H3. The van der Waals surface area contributed by atoms with Crippen molar-refractivity contribution >= 4 is 5.97 Å². The van der Waals surface area contributed by atoms with Crippen LogP contribution in [-0.2, 0) is 14.3 Å². The van der Waals surface area contributed by atoms with E-state index in [0.717, 1.165) is 26.0 Å². The largest absolute Gasteiger partial charge is 0.469 e. The van der Waals surface area contributed by atoms with E-state index in [2.05, 4.69) is 11.9 Å². The number of carbonyl (C=O) groups is 1. The number of nitrogens with zero attached hydrogens (tertiary/aromatic N) is 1. The summed E-state index contributed by atoms with van der Waals surface area (Å²) in [5, 5.41) is 0. The molecule has 0 bridgehead atoms. The molecule has 1 aliphatic heterocycles. The molecule has 2 rings (SSSR count). The monoisotopic (exact) mass is 255 g/mol. The lowest BCUT2D eigenvalue weighted by molar-refractivity contribution is -0.141. The van der Waals surface area contributed by atoms with Crippen LogP contribution in [0.1, 0.15) is 44.9 Å². The molecule has 1 saturated carbocycles. The van der Waals surface area contributed by atoms with E-state index in [4.69, 9.17) is 9.47 Å². The molecule has 1 aliphatic carbocycles. The summed E-state index contributed by atoms with van der Waals surface area (Å²) >= 11 is 0. The van der Waals surface area contributed by atoms with Gasteiger partial charge < -0.3 is 14.4 Å². The Kier molecular flexibility index (Phi) is 4.62. The summed E-state index contributed by atoms with van der Waals surface area (Å²) in [7, 11) is 3.56. The molecular weight excluding hydrogens is 230 g/mol. The molecule has 4 nitrogen and oxygen atoms in total. The van der Waals surface area contributed by atoms with Gasteiger partial charge in [0.25, 0.3) is 0 Å². The molecule has 1 spiro atoms. The van der Waals surface area contributed by atoms with Gasteiger partial charge in [-0.1, -0.05) is 12.8 Å². The third kappa shape index (κ3) is 3.23. The molecule has 0 radical (unpaired) electrons. The van der Waals surface area contributed by atoms with Gasteiger partial charge in [-0.3, -0.25) is 4.79 Å². The third-order valence-electron chi connectivity index (χ3n) is 4.50. The first-order valence-corrected chi connectivity index (χ1v) is 7.06. The van der Waals surface area contributed by atoms with Crippen LogP contribution in [0, 0.1) is 0 Å². The van der Waals surface area contributed by atoms with E-state index in [0.29, 0.717) is 12.5 Å². The Hall–Kier alpha value is -0.610. The first-order chi connectivity index (χ1) is 8.65. The van der Waals surface area contributed by atoms with Crippen molar-refractivity contribution in [3.8, 4) is 0 Å². The van der Waals surface area contributed by atoms with E-state index in [1.165, 1.54) is 32.8 Å². The van der Waals surface area contributed by atoms with Crippen molar-refractivity contribution in [1.29, 1.82) is 0 Å². The van der Waals surface area contributed by atoms with E-state index in [9.17, 15) is 4.79 Å². The summed E-state index contributed by atoms with van der Waals surface area (Å²) in [6, 6.07) is 0.557. The first-order valence-electron chi connectivity index (χ1n) is 7.06. The predicted octanol–water partition coefficient (Wildman–Crippen LogP) is 1.97. The van der Waals surface area contributed by atoms with E-state index in [1.807, 2.05) is 0 Å². The molecule has 0 amide bonds. The topological polar surface area (TPSA) is 38.8 Å². The van der Waals surface area contributed by atoms with E-state index >= 15 is 0 Å². The molecule has 2 aliphatic rings. The van der Waals surface area contributed by atoms with Crippen LogP contribution in [-0.4, -0.2) is 49.8 Å². The maximum Gasteiger partial charge on any atom is 0.306 e.